The maximum Gasteiger partial charge on any atom is 0.101 e. The van der Waals surface area contributed by atoms with Crippen molar-refractivity contribution < 1.29 is 0 Å². The Kier molecular flexibility index (Phi) is 1.99. The number of nitrogens with zero attached hydrogens (tertiary/aromatic N) is 2. The van der Waals surface area contributed by atoms with Crippen molar-refractivity contribution in [2.24, 2.45) is 0 Å². The first-order valence-electron chi connectivity index (χ1n) is 2.86. The molecule has 0 bridgehead atoms. The summed E-state index contributed by atoms with van der Waals surface area (Å²) in [5.74, 6) is 0. The van der Waals surface area contributed by atoms with E-state index in [9.17, 15) is 0 Å². The number of aromatic nitrogens is 1. The molecule has 1 atom stereocenters. The third-order valence-corrected chi connectivity index (χ3v) is 1.84. The minimum absolute atomic E-state index is 0.607. The molecule has 0 amide bonds. The van der Waals surface area contributed by atoms with Gasteiger partial charge in [0.1, 0.15) is 6.07 Å². The van der Waals surface area contributed by atoms with Crippen LogP contribution < -0.4 is 5.30 Å². The van der Waals surface area contributed by atoms with Gasteiger partial charge in [0.25, 0.3) is 0 Å². The third kappa shape index (κ3) is 1.32. The monoisotopic (exact) mass is 150 g/mol. The van der Waals surface area contributed by atoms with E-state index in [-0.39, 0.29) is 0 Å². The zero-order valence-corrected chi connectivity index (χ0v) is 6.78. The van der Waals surface area contributed by atoms with E-state index < -0.39 is 0 Å². The Labute approximate surface area is 62.1 Å². The minimum atomic E-state index is 0.607. The van der Waals surface area contributed by atoms with Crippen LogP contribution in [0.15, 0.2) is 12.3 Å². The lowest BCUT2D eigenvalue weighted by atomic mass is 10.3. The molecule has 0 saturated heterocycles. The number of nitriles is 1. The van der Waals surface area contributed by atoms with Crippen LogP contribution in [-0.2, 0) is 0 Å². The molecule has 1 heterocycles. The number of aryl methyl sites for hydroxylation is 1. The summed E-state index contributed by atoms with van der Waals surface area (Å²) in [7, 11) is 2.54. The topological polar surface area (TPSA) is 36.7 Å². The Morgan fingerprint density at radius 3 is 2.90 bits per heavy atom. The summed E-state index contributed by atoms with van der Waals surface area (Å²) >= 11 is 0. The smallest absolute Gasteiger partial charge is 0.101 e. The van der Waals surface area contributed by atoms with E-state index >= 15 is 0 Å². The highest BCUT2D eigenvalue weighted by atomic mass is 31.0. The summed E-state index contributed by atoms with van der Waals surface area (Å²) in [6.45, 7) is 1.91. The molecule has 50 valence electrons. The SMILES string of the molecule is Cc1ncc(C#N)cc1P. The molecule has 2 nitrogen and oxygen atoms in total. The van der Waals surface area contributed by atoms with Crippen LogP contribution in [0.25, 0.3) is 0 Å². The molecule has 0 fully saturated rings. The largest absolute Gasteiger partial charge is 0.260 e. The van der Waals surface area contributed by atoms with Gasteiger partial charge in [-0.3, -0.25) is 4.98 Å². The van der Waals surface area contributed by atoms with Gasteiger partial charge >= 0.3 is 0 Å². The van der Waals surface area contributed by atoms with Gasteiger partial charge in [-0.05, 0) is 18.3 Å². The van der Waals surface area contributed by atoms with Crippen LogP contribution in [0.4, 0.5) is 0 Å². The number of pyridine rings is 1. The van der Waals surface area contributed by atoms with Gasteiger partial charge in [0.05, 0.1) is 5.56 Å². The standard InChI is InChI=1S/C7H7N2P/c1-5-7(10)2-6(3-8)4-9-5/h2,4H,10H2,1H3. The van der Waals surface area contributed by atoms with Crippen LogP contribution in [0.5, 0.6) is 0 Å². The van der Waals surface area contributed by atoms with Gasteiger partial charge in [-0.25, -0.2) is 0 Å². The quantitative estimate of drug-likeness (QED) is 0.512. The molecule has 10 heavy (non-hydrogen) atoms. The van der Waals surface area contributed by atoms with Crippen molar-refractivity contribution in [3.05, 3.63) is 23.5 Å². The Hall–Kier alpha value is -0.930. The Morgan fingerprint density at radius 2 is 2.40 bits per heavy atom. The molecule has 0 saturated carbocycles. The molecule has 0 aliphatic rings. The van der Waals surface area contributed by atoms with Crippen molar-refractivity contribution in [2.75, 3.05) is 0 Å². The lowest BCUT2D eigenvalue weighted by molar-refractivity contribution is 1.21. The molecule has 0 spiro atoms. The third-order valence-electron chi connectivity index (χ3n) is 1.26. The predicted octanol–water partition coefficient (Wildman–Crippen LogP) is 0.762. The van der Waals surface area contributed by atoms with Crippen molar-refractivity contribution in [2.45, 2.75) is 6.92 Å². The van der Waals surface area contributed by atoms with E-state index in [0.29, 0.717) is 5.56 Å². The first kappa shape index (κ1) is 7.18. The van der Waals surface area contributed by atoms with E-state index in [0.717, 1.165) is 11.0 Å². The zero-order valence-electron chi connectivity index (χ0n) is 5.63. The molecular formula is C7H7N2P. The second-order valence-corrected chi connectivity index (χ2v) is 2.63. The number of rotatable bonds is 0. The molecule has 0 radical (unpaired) electrons. The van der Waals surface area contributed by atoms with E-state index in [2.05, 4.69) is 14.2 Å². The maximum atomic E-state index is 8.45. The molecule has 1 unspecified atom stereocenters. The Balaban J connectivity index is 3.20. The van der Waals surface area contributed by atoms with Crippen LogP contribution in [-0.4, -0.2) is 4.98 Å². The van der Waals surface area contributed by atoms with Crippen molar-refractivity contribution in [1.29, 1.82) is 5.26 Å². The Bertz CT molecular complexity index is 288. The van der Waals surface area contributed by atoms with Gasteiger partial charge in [-0.1, -0.05) is 0 Å². The molecule has 0 aliphatic heterocycles. The number of hydrogen-bond donors (Lipinski definition) is 0. The van der Waals surface area contributed by atoms with E-state index in [1.54, 1.807) is 12.3 Å². The van der Waals surface area contributed by atoms with Crippen LogP contribution in [0.1, 0.15) is 11.3 Å². The van der Waals surface area contributed by atoms with Gasteiger partial charge in [-0.15, -0.1) is 9.24 Å². The van der Waals surface area contributed by atoms with Crippen molar-refractivity contribution in [3.63, 3.8) is 0 Å². The highest BCUT2D eigenvalue weighted by Gasteiger charge is 1.94. The van der Waals surface area contributed by atoms with Crippen molar-refractivity contribution in [1.82, 2.24) is 4.98 Å². The first-order chi connectivity index (χ1) is 4.74. The van der Waals surface area contributed by atoms with Gasteiger partial charge in [0.2, 0.25) is 0 Å². The molecule has 3 heteroatoms. The molecule has 0 aromatic carbocycles. The number of hydrogen-bond acceptors (Lipinski definition) is 2. The average Bonchev–Trinajstić information content (AvgIpc) is 1.95. The minimum Gasteiger partial charge on any atom is -0.260 e. The highest BCUT2D eigenvalue weighted by Crippen LogP contribution is 1.98. The molecule has 1 aromatic heterocycles. The second kappa shape index (κ2) is 2.77. The highest BCUT2D eigenvalue weighted by molar-refractivity contribution is 7.27. The van der Waals surface area contributed by atoms with Crippen molar-refractivity contribution >= 4 is 14.5 Å². The first-order valence-corrected chi connectivity index (χ1v) is 3.44. The fourth-order valence-electron chi connectivity index (χ4n) is 0.611. The van der Waals surface area contributed by atoms with Crippen LogP contribution in [0.2, 0.25) is 0 Å². The Morgan fingerprint density at radius 1 is 1.70 bits per heavy atom. The summed E-state index contributed by atoms with van der Waals surface area (Å²) in [4.78, 5) is 4.01. The van der Waals surface area contributed by atoms with Gasteiger partial charge in [-0.2, -0.15) is 5.26 Å². The summed E-state index contributed by atoms with van der Waals surface area (Å²) in [5, 5.41) is 9.44. The summed E-state index contributed by atoms with van der Waals surface area (Å²) in [6.07, 6.45) is 1.57. The molecule has 0 N–H and O–H groups in total. The predicted molar refractivity (Wildman–Crippen MR) is 43.0 cm³/mol. The fraction of sp³-hybridized carbons (Fsp3) is 0.143. The van der Waals surface area contributed by atoms with Crippen LogP contribution in [0, 0.1) is 18.3 Å². The van der Waals surface area contributed by atoms with Gasteiger partial charge < -0.3 is 0 Å². The normalized spacial score (nSPS) is 8.90. The summed E-state index contributed by atoms with van der Waals surface area (Å²) in [5.41, 5.74) is 1.56. The average molecular weight is 150 g/mol. The fourth-order valence-corrected chi connectivity index (χ4v) is 0.865. The maximum absolute atomic E-state index is 8.45. The molecule has 1 aromatic rings. The lowest BCUT2D eigenvalue weighted by Gasteiger charge is -1.95. The zero-order chi connectivity index (χ0) is 7.56. The lowest BCUT2D eigenvalue weighted by Crippen LogP contribution is -2.00. The van der Waals surface area contributed by atoms with Crippen LogP contribution >= 0.6 is 9.24 Å². The van der Waals surface area contributed by atoms with Gasteiger partial charge in [0, 0.05) is 11.9 Å². The van der Waals surface area contributed by atoms with Crippen LogP contribution in [0.3, 0.4) is 0 Å². The van der Waals surface area contributed by atoms with Crippen molar-refractivity contribution in [3.8, 4) is 6.07 Å². The molecule has 1 rings (SSSR count). The summed E-state index contributed by atoms with van der Waals surface area (Å²) < 4.78 is 0. The molecular weight excluding hydrogens is 143 g/mol. The van der Waals surface area contributed by atoms with E-state index in [4.69, 9.17) is 5.26 Å². The van der Waals surface area contributed by atoms with E-state index in [1.807, 2.05) is 13.0 Å². The molecule has 0 aliphatic carbocycles. The van der Waals surface area contributed by atoms with Gasteiger partial charge in [0.15, 0.2) is 0 Å². The summed E-state index contributed by atoms with van der Waals surface area (Å²) in [6, 6.07) is 3.82. The second-order valence-electron chi connectivity index (χ2n) is 2.01. The van der Waals surface area contributed by atoms with E-state index in [1.165, 1.54) is 0 Å².